The first kappa shape index (κ1) is 13.6. The number of thiophene rings is 1. The number of rotatable bonds is 0. The minimum Gasteiger partial charge on any atom is -0.135 e. The first-order valence-corrected chi connectivity index (χ1v) is 8.05. The lowest BCUT2D eigenvalue weighted by atomic mass is 9.93. The average Bonchev–Trinajstić information content (AvgIpc) is 2.80. The minimum atomic E-state index is 1.41. The molecule has 0 N–H and O–H groups in total. The normalized spacial score (nSPS) is 11.8. The molecular weight excluding hydrogens is 260 g/mol. The van der Waals surface area contributed by atoms with Gasteiger partial charge in [0.05, 0.1) is 0 Å². The fourth-order valence-corrected chi connectivity index (χ4v) is 4.66. The largest absolute Gasteiger partial charge is 0.135 e. The van der Waals surface area contributed by atoms with Gasteiger partial charge in [0, 0.05) is 20.2 Å². The van der Waals surface area contributed by atoms with Gasteiger partial charge in [0.25, 0.3) is 0 Å². The monoisotopic (exact) mass is 282 g/mol. The van der Waals surface area contributed by atoms with Gasteiger partial charge >= 0.3 is 0 Å². The zero-order valence-corrected chi connectivity index (χ0v) is 14.3. The molecule has 0 aliphatic heterocycles. The van der Waals surface area contributed by atoms with E-state index in [1.165, 1.54) is 59.1 Å². The van der Waals surface area contributed by atoms with E-state index in [4.69, 9.17) is 0 Å². The van der Waals surface area contributed by atoms with E-state index in [9.17, 15) is 0 Å². The molecule has 0 fully saturated rings. The first-order chi connectivity index (χ1) is 9.34. The molecule has 1 aromatic heterocycles. The molecule has 1 heteroatoms. The van der Waals surface area contributed by atoms with E-state index in [-0.39, 0.29) is 0 Å². The van der Waals surface area contributed by atoms with Crippen LogP contribution in [0.25, 0.3) is 20.2 Å². The van der Waals surface area contributed by atoms with Crippen molar-refractivity contribution in [1.29, 1.82) is 0 Å². The van der Waals surface area contributed by atoms with Crippen molar-refractivity contribution in [2.75, 3.05) is 0 Å². The summed E-state index contributed by atoms with van der Waals surface area (Å²) in [6, 6.07) is 2.39. The molecule has 1 heterocycles. The Morgan fingerprint density at radius 2 is 1.15 bits per heavy atom. The van der Waals surface area contributed by atoms with Crippen molar-refractivity contribution in [2.24, 2.45) is 0 Å². The smallest absolute Gasteiger partial charge is 0.0390 e. The van der Waals surface area contributed by atoms with E-state index in [0.717, 1.165) is 0 Å². The maximum absolute atomic E-state index is 2.39. The van der Waals surface area contributed by atoms with Gasteiger partial charge in [-0.3, -0.25) is 0 Å². The quantitative estimate of drug-likeness (QED) is 0.459. The van der Waals surface area contributed by atoms with Gasteiger partial charge in [0.1, 0.15) is 0 Å². The summed E-state index contributed by atoms with van der Waals surface area (Å²) < 4.78 is 2.95. The fraction of sp³-hybridized carbons (Fsp3) is 0.368. The van der Waals surface area contributed by atoms with E-state index >= 15 is 0 Å². The van der Waals surface area contributed by atoms with Gasteiger partial charge in [0.2, 0.25) is 0 Å². The maximum atomic E-state index is 2.39. The average molecular weight is 282 g/mol. The maximum Gasteiger partial charge on any atom is 0.0390 e. The third-order valence-electron chi connectivity index (χ3n) is 5.20. The van der Waals surface area contributed by atoms with Crippen LogP contribution in [0.5, 0.6) is 0 Å². The second kappa shape index (κ2) is 4.33. The summed E-state index contributed by atoms with van der Waals surface area (Å²) in [7, 11) is 0. The molecule has 104 valence electrons. The Kier molecular flexibility index (Phi) is 2.95. The molecule has 3 aromatic rings. The third kappa shape index (κ3) is 1.59. The Balaban J connectivity index is 2.67. The van der Waals surface area contributed by atoms with Gasteiger partial charge in [-0.2, -0.15) is 0 Å². The fourth-order valence-electron chi connectivity index (χ4n) is 3.21. The molecular formula is C19H22S. The van der Waals surface area contributed by atoms with Gasteiger partial charge in [-0.05, 0) is 93.5 Å². The topological polar surface area (TPSA) is 0 Å². The molecule has 2 aromatic carbocycles. The second-order valence-electron chi connectivity index (χ2n) is 6.13. The van der Waals surface area contributed by atoms with Crippen molar-refractivity contribution in [1.82, 2.24) is 0 Å². The van der Waals surface area contributed by atoms with Crippen molar-refractivity contribution >= 4 is 31.5 Å². The number of hydrogen-bond donors (Lipinski definition) is 0. The van der Waals surface area contributed by atoms with Crippen LogP contribution in [0.1, 0.15) is 38.9 Å². The van der Waals surface area contributed by atoms with Crippen molar-refractivity contribution in [2.45, 2.75) is 48.5 Å². The van der Waals surface area contributed by atoms with E-state index in [0.29, 0.717) is 0 Å². The van der Waals surface area contributed by atoms with Crippen LogP contribution in [-0.2, 0) is 0 Å². The van der Waals surface area contributed by atoms with Gasteiger partial charge in [0.15, 0.2) is 0 Å². The van der Waals surface area contributed by atoms with Crippen molar-refractivity contribution in [3.8, 4) is 0 Å². The van der Waals surface area contributed by atoms with E-state index < -0.39 is 0 Å². The highest BCUT2D eigenvalue weighted by molar-refractivity contribution is 7.26. The zero-order chi connectivity index (χ0) is 14.8. The number of hydrogen-bond acceptors (Lipinski definition) is 1. The van der Waals surface area contributed by atoms with E-state index in [1.807, 2.05) is 11.3 Å². The Morgan fingerprint density at radius 3 is 1.80 bits per heavy atom. The molecule has 0 bridgehead atoms. The second-order valence-corrected chi connectivity index (χ2v) is 7.15. The van der Waals surface area contributed by atoms with Crippen LogP contribution in [-0.4, -0.2) is 0 Å². The van der Waals surface area contributed by atoms with Crippen LogP contribution >= 0.6 is 11.3 Å². The van der Waals surface area contributed by atoms with Crippen molar-refractivity contribution < 1.29 is 0 Å². The summed E-state index contributed by atoms with van der Waals surface area (Å²) in [5.41, 5.74) is 10.1. The summed E-state index contributed by atoms with van der Waals surface area (Å²) in [5, 5.41) is 2.94. The van der Waals surface area contributed by atoms with E-state index in [1.54, 1.807) is 0 Å². The van der Waals surface area contributed by atoms with Crippen LogP contribution in [0.15, 0.2) is 6.07 Å². The highest BCUT2D eigenvalue weighted by Crippen LogP contribution is 2.43. The van der Waals surface area contributed by atoms with Crippen LogP contribution in [0, 0.1) is 48.5 Å². The molecule has 0 aliphatic carbocycles. The van der Waals surface area contributed by atoms with Crippen molar-refractivity contribution in [3.63, 3.8) is 0 Å². The molecule has 0 saturated carbocycles. The lowest BCUT2D eigenvalue weighted by molar-refractivity contribution is 1.26. The van der Waals surface area contributed by atoms with Crippen molar-refractivity contribution in [3.05, 3.63) is 45.0 Å². The molecule has 20 heavy (non-hydrogen) atoms. The predicted octanol–water partition coefficient (Wildman–Crippen LogP) is 6.21. The number of aryl methyl sites for hydroxylation is 4. The standard InChI is InChI=1S/C19H22S/c1-9-8-16-17-13(5)11(3)12(4)15(7)19(17)20-18(16)14(6)10(9)2/h8H,1-7H3. The molecule has 0 amide bonds. The van der Waals surface area contributed by atoms with Gasteiger partial charge in [-0.15, -0.1) is 11.3 Å². The molecule has 0 spiro atoms. The number of benzene rings is 2. The van der Waals surface area contributed by atoms with Crippen LogP contribution in [0.4, 0.5) is 0 Å². The minimum absolute atomic E-state index is 1.41. The van der Waals surface area contributed by atoms with Gasteiger partial charge < -0.3 is 0 Å². The summed E-state index contributed by atoms with van der Waals surface area (Å²) >= 11 is 1.97. The van der Waals surface area contributed by atoms with Crippen LogP contribution in [0.2, 0.25) is 0 Å². The summed E-state index contributed by atoms with van der Waals surface area (Å²) in [6.45, 7) is 15.8. The van der Waals surface area contributed by atoms with Gasteiger partial charge in [-0.25, -0.2) is 0 Å². The highest BCUT2D eigenvalue weighted by Gasteiger charge is 2.16. The predicted molar refractivity (Wildman–Crippen MR) is 92.5 cm³/mol. The summed E-state index contributed by atoms with van der Waals surface area (Å²) in [6.07, 6.45) is 0. The SMILES string of the molecule is Cc1cc2c(sc3c(C)c(C)c(C)c(C)c32)c(C)c1C. The molecule has 0 saturated heterocycles. The van der Waals surface area contributed by atoms with Crippen LogP contribution < -0.4 is 0 Å². The van der Waals surface area contributed by atoms with Gasteiger partial charge in [-0.1, -0.05) is 0 Å². The Hall–Kier alpha value is -1.34. The lowest BCUT2D eigenvalue weighted by Gasteiger charge is -2.11. The molecule has 3 rings (SSSR count). The summed E-state index contributed by atoms with van der Waals surface area (Å²) in [4.78, 5) is 0. The molecule has 0 aliphatic rings. The molecule has 0 radical (unpaired) electrons. The molecule has 0 unspecified atom stereocenters. The lowest BCUT2D eigenvalue weighted by Crippen LogP contribution is -1.92. The molecule has 0 nitrogen and oxygen atoms in total. The number of fused-ring (bicyclic) bond motifs is 3. The summed E-state index contributed by atoms with van der Waals surface area (Å²) in [5.74, 6) is 0. The molecule has 0 atom stereocenters. The zero-order valence-electron chi connectivity index (χ0n) is 13.5. The highest BCUT2D eigenvalue weighted by atomic mass is 32.1. The Bertz CT molecular complexity index is 863. The third-order valence-corrected chi connectivity index (χ3v) is 6.65. The Labute approximate surface area is 125 Å². The van der Waals surface area contributed by atoms with Crippen LogP contribution in [0.3, 0.4) is 0 Å². The first-order valence-electron chi connectivity index (χ1n) is 7.24. The Morgan fingerprint density at radius 1 is 0.600 bits per heavy atom. The van der Waals surface area contributed by atoms with E-state index in [2.05, 4.69) is 54.5 Å².